The van der Waals surface area contributed by atoms with Gasteiger partial charge in [0.1, 0.15) is 22.7 Å². The van der Waals surface area contributed by atoms with Crippen LogP contribution in [0.4, 0.5) is 0 Å². The molecule has 6 aromatic heterocycles. The molecule has 0 bridgehead atoms. The van der Waals surface area contributed by atoms with Crippen molar-refractivity contribution >= 4 is 54.3 Å². The maximum Gasteiger partial charge on any atom is 0.162 e. The van der Waals surface area contributed by atoms with E-state index in [1.807, 2.05) is 36.4 Å². The van der Waals surface area contributed by atoms with Gasteiger partial charge in [0, 0.05) is 62.6 Å². The van der Waals surface area contributed by atoms with Gasteiger partial charge in [0.05, 0.1) is 33.4 Å². The van der Waals surface area contributed by atoms with E-state index in [1.165, 1.54) is 10.1 Å². The third-order valence-electron chi connectivity index (χ3n) is 8.68. The van der Waals surface area contributed by atoms with Gasteiger partial charge in [0.2, 0.25) is 0 Å². The van der Waals surface area contributed by atoms with E-state index < -0.39 is 0 Å². The molecule has 0 aliphatic carbocycles. The van der Waals surface area contributed by atoms with Crippen molar-refractivity contribution < 1.29 is 4.42 Å². The lowest BCUT2D eigenvalue weighted by atomic mass is 9.88. The summed E-state index contributed by atoms with van der Waals surface area (Å²) in [7, 11) is 0. The molecule has 6 heterocycles. The highest BCUT2D eigenvalue weighted by atomic mass is 32.1. The highest BCUT2D eigenvalue weighted by molar-refractivity contribution is 7.22. The Bertz CT molecular complexity index is 2700. The summed E-state index contributed by atoms with van der Waals surface area (Å²) in [5.74, 6) is 1.98. The highest BCUT2D eigenvalue weighted by Crippen LogP contribution is 2.50. The second-order valence-corrected chi connectivity index (χ2v) is 12.6. The zero-order valence-electron chi connectivity index (χ0n) is 25.2. The van der Waals surface area contributed by atoms with Gasteiger partial charge in [-0.15, -0.1) is 11.3 Å². The minimum Gasteiger partial charge on any atom is -0.456 e. The lowest BCUT2D eigenvalue weighted by molar-refractivity contribution is 0.632. The number of para-hydroxylation sites is 2. The zero-order chi connectivity index (χ0) is 31.6. The first kappa shape index (κ1) is 26.7. The number of aromatic amines is 2. The maximum atomic E-state index is 6.67. The van der Waals surface area contributed by atoms with E-state index in [4.69, 9.17) is 24.4 Å². The molecule has 4 aromatic carbocycles. The normalized spacial score (nSPS) is 11.8. The maximum absolute atomic E-state index is 6.67. The van der Waals surface area contributed by atoms with Gasteiger partial charge in [0.15, 0.2) is 5.82 Å². The molecule has 0 saturated carbocycles. The summed E-state index contributed by atoms with van der Waals surface area (Å²) in [6.07, 6.45) is 8.67. The molecular weight excluding hydrogens is 615 g/mol. The highest BCUT2D eigenvalue weighted by Gasteiger charge is 2.30. The van der Waals surface area contributed by atoms with Crippen molar-refractivity contribution in [1.82, 2.24) is 34.9 Å². The summed E-state index contributed by atoms with van der Waals surface area (Å²) < 4.78 is 7.86. The molecule has 226 valence electrons. The van der Waals surface area contributed by atoms with Gasteiger partial charge < -0.3 is 14.4 Å². The number of fused-ring (bicyclic) bond motifs is 4. The van der Waals surface area contributed by atoms with Crippen LogP contribution in [0.15, 0.2) is 132 Å². The van der Waals surface area contributed by atoms with E-state index in [9.17, 15) is 0 Å². The quantitative estimate of drug-likeness (QED) is 0.194. The molecule has 10 rings (SSSR count). The lowest BCUT2D eigenvalue weighted by Gasteiger charge is -2.18. The van der Waals surface area contributed by atoms with Gasteiger partial charge in [0.25, 0.3) is 0 Å². The summed E-state index contributed by atoms with van der Waals surface area (Å²) >= 11 is 1.70. The molecule has 0 aliphatic heterocycles. The Hall–Kier alpha value is -6.45. The Balaban J connectivity index is 1.42. The number of rotatable bonds is 5. The van der Waals surface area contributed by atoms with Crippen molar-refractivity contribution in [2.24, 2.45) is 0 Å². The largest absolute Gasteiger partial charge is 0.456 e. The lowest BCUT2D eigenvalue weighted by Crippen LogP contribution is -2.00. The van der Waals surface area contributed by atoms with E-state index in [0.717, 1.165) is 66.0 Å². The smallest absolute Gasteiger partial charge is 0.162 e. The van der Waals surface area contributed by atoms with Gasteiger partial charge in [-0.2, -0.15) is 0 Å². The molecule has 8 nitrogen and oxygen atoms in total. The molecule has 48 heavy (non-hydrogen) atoms. The molecular formula is C39H23N7OS. The molecule has 10 aromatic rings. The van der Waals surface area contributed by atoms with E-state index >= 15 is 0 Å². The molecule has 0 spiro atoms. The van der Waals surface area contributed by atoms with Gasteiger partial charge in [-0.1, -0.05) is 54.6 Å². The fourth-order valence-corrected chi connectivity index (χ4v) is 7.61. The number of H-pyrrole nitrogens is 2. The summed E-state index contributed by atoms with van der Waals surface area (Å²) in [5, 5.41) is 3.26. The van der Waals surface area contributed by atoms with Gasteiger partial charge in [-0.3, -0.25) is 9.97 Å². The molecule has 0 atom stereocenters. The van der Waals surface area contributed by atoms with Crippen LogP contribution in [0.3, 0.4) is 0 Å². The van der Waals surface area contributed by atoms with Crippen molar-refractivity contribution in [2.75, 3.05) is 0 Å². The standard InChI is InChI=1S/C39H23N7OS/c1-4-11-25-22(8-1)18-26(44-25)32-33(27-21-40-16-17-41-27)35(39-42-14-7-15-43-39)37-36(34(32)29-19-23-9-2-5-12-28(23)47-29)45-38(46-37)31-20-24-10-3-6-13-30(24)48-31/h1-21,44H,(H,45,46). The zero-order valence-corrected chi connectivity index (χ0v) is 26.0. The number of thiophene rings is 1. The second-order valence-electron chi connectivity index (χ2n) is 11.5. The van der Waals surface area contributed by atoms with Crippen molar-refractivity contribution in [3.63, 3.8) is 0 Å². The van der Waals surface area contributed by atoms with Crippen LogP contribution in [0.25, 0.3) is 98.9 Å². The van der Waals surface area contributed by atoms with Crippen molar-refractivity contribution in [3.05, 3.63) is 128 Å². The fraction of sp³-hybridized carbons (Fsp3) is 0. The van der Waals surface area contributed by atoms with Crippen molar-refractivity contribution in [2.45, 2.75) is 0 Å². The van der Waals surface area contributed by atoms with E-state index in [2.05, 4.69) is 75.6 Å². The number of imidazole rings is 1. The third-order valence-corrected chi connectivity index (χ3v) is 9.80. The molecule has 0 saturated heterocycles. The summed E-state index contributed by atoms with van der Waals surface area (Å²) in [5.41, 5.74) is 8.19. The van der Waals surface area contributed by atoms with Crippen LogP contribution in [0.5, 0.6) is 0 Å². The predicted molar refractivity (Wildman–Crippen MR) is 191 cm³/mol. The molecule has 2 N–H and O–H groups in total. The monoisotopic (exact) mass is 637 g/mol. The average Bonchev–Trinajstić information content (AvgIpc) is 3.95. The summed E-state index contributed by atoms with van der Waals surface area (Å²) in [6, 6.07) is 33.0. The third kappa shape index (κ3) is 4.18. The van der Waals surface area contributed by atoms with Crippen LogP contribution < -0.4 is 0 Å². The SMILES string of the molecule is c1cnc(-c2c(-c3cnccn3)c(-c3cc4ccccc4[nH]3)c(-c3cc4ccccc4o3)c3[nH]c(-c4cc5ccccc5s4)nc23)nc1. The number of nitrogens with one attached hydrogen (secondary N) is 2. The van der Waals surface area contributed by atoms with Crippen LogP contribution in [0, 0.1) is 0 Å². The molecule has 9 heteroatoms. The number of furan rings is 1. The Morgan fingerprint density at radius 2 is 1.44 bits per heavy atom. The first-order chi connectivity index (χ1) is 23.8. The van der Waals surface area contributed by atoms with Gasteiger partial charge in [-0.25, -0.2) is 15.0 Å². The van der Waals surface area contributed by atoms with Crippen LogP contribution >= 0.6 is 11.3 Å². The van der Waals surface area contributed by atoms with E-state index in [-0.39, 0.29) is 0 Å². The minimum atomic E-state index is 0.533. The molecule has 0 amide bonds. The first-order valence-corrected chi connectivity index (χ1v) is 16.3. The summed E-state index contributed by atoms with van der Waals surface area (Å²) in [6.45, 7) is 0. The number of benzene rings is 4. The molecule has 0 unspecified atom stereocenters. The number of hydrogen-bond donors (Lipinski definition) is 2. The van der Waals surface area contributed by atoms with E-state index in [0.29, 0.717) is 22.8 Å². The molecule has 0 aliphatic rings. The second kappa shape index (κ2) is 10.5. The first-order valence-electron chi connectivity index (χ1n) is 15.5. The number of nitrogens with zero attached hydrogens (tertiary/aromatic N) is 5. The molecule has 0 radical (unpaired) electrons. The number of aromatic nitrogens is 7. The fourth-order valence-electron chi connectivity index (χ4n) is 6.60. The Morgan fingerprint density at radius 1 is 0.625 bits per heavy atom. The number of hydrogen-bond acceptors (Lipinski definition) is 7. The summed E-state index contributed by atoms with van der Waals surface area (Å²) in [4.78, 5) is 32.7. The van der Waals surface area contributed by atoms with E-state index in [1.54, 1.807) is 42.3 Å². The van der Waals surface area contributed by atoms with Gasteiger partial charge in [-0.05, 0) is 47.9 Å². The topological polar surface area (TPSA) is 109 Å². The Labute approximate surface area is 276 Å². The van der Waals surface area contributed by atoms with Gasteiger partial charge >= 0.3 is 0 Å². The molecule has 0 fully saturated rings. The average molecular weight is 638 g/mol. The Morgan fingerprint density at radius 3 is 2.25 bits per heavy atom. The van der Waals surface area contributed by atoms with Crippen LogP contribution in [-0.4, -0.2) is 34.9 Å². The van der Waals surface area contributed by atoms with Crippen LogP contribution in [-0.2, 0) is 0 Å². The van der Waals surface area contributed by atoms with Crippen LogP contribution in [0.1, 0.15) is 0 Å². The van der Waals surface area contributed by atoms with Crippen molar-refractivity contribution in [1.29, 1.82) is 0 Å². The van der Waals surface area contributed by atoms with Crippen molar-refractivity contribution in [3.8, 4) is 55.9 Å². The predicted octanol–water partition coefficient (Wildman–Crippen LogP) is 9.92. The minimum absolute atomic E-state index is 0.533. The van der Waals surface area contributed by atoms with Crippen LogP contribution in [0.2, 0.25) is 0 Å². The Kier molecular flexibility index (Phi) is 5.87.